The summed E-state index contributed by atoms with van der Waals surface area (Å²) in [7, 11) is 0. The number of benzene rings is 3. The molecule has 0 aromatic heterocycles. The largest absolute Gasteiger partial charge is 0.457 e. The molecule has 3 N–H and O–H groups in total. The fourth-order valence-electron chi connectivity index (χ4n) is 5.26. The normalized spacial score (nSPS) is 25.2. The van der Waals surface area contributed by atoms with Gasteiger partial charge in [0.05, 0.1) is 25.4 Å². The van der Waals surface area contributed by atoms with Crippen LogP contribution in [0.3, 0.4) is 0 Å². The number of ether oxygens (including phenoxy) is 4. The van der Waals surface area contributed by atoms with Crippen molar-refractivity contribution < 1.29 is 28.8 Å². The summed E-state index contributed by atoms with van der Waals surface area (Å²) in [5.74, 6) is -0.374. The standard InChI is InChI=1S/C32H36N2O6S/c35-20-27-30(40-28(36)17-16-22-10-4-1-5-11-22)31(37-21-23-12-6-2-7-13-23)29-26(39-27)18-25(38-29)19-33-32(41)34-24-14-8-3-9-15-24/h1-15,25-27,29-31,35H,16-21H2,(H2,33,34,41)/t25?,26-,27-,29+,30-,31-/m1/s1. The molecule has 3 aromatic carbocycles. The Balaban J connectivity index is 1.24. The number of nitrogens with one attached hydrogen (secondary N) is 2. The third-order valence-corrected chi connectivity index (χ3v) is 7.54. The van der Waals surface area contributed by atoms with E-state index in [0.717, 1.165) is 16.8 Å². The summed E-state index contributed by atoms with van der Waals surface area (Å²) in [6.45, 7) is 0.465. The molecule has 5 rings (SSSR count). The van der Waals surface area contributed by atoms with E-state index >= 15 is 0 Å². The molecule has 0 saturated carbocycles. The molecule has 0 bridgehead atoms. The number of thiocarbonyl (C=S) groups is 1. The Morgan fingerprint density at radius 1 is 0.902 bits per heavy atom. The fourth-order valence-corrected chi connectivity index (χ4v) is 5.47. The van der Waals surface area contributed by atoms with Crippen LogP contribution in [-0.4, -0.2) is 66.0 Å². The lowest BCUT2D eigenvalue weighted by molar-refractivity contribution is -0.243. The predicted molar refractivity (Wildman–Crippen MR) is 159 cm³/mol. The van der Waals surface area contributed by atoms with E-state index in [2.05, 4.69) is 10.6 Å². The summed E-state index contributed by atoms with van der Waals surface area (Å²) in [5.41, 5.74) is 2.93. The van der Waals surface area contributed by atoms with Gasteiger partial charge in [-0.2, -0.15) is 0 Å². The van der Waals surface area contributed by atoms with Gasteiger partial charge in [-0.1, -0.05) is 78.9 Å². The highest BCUT2D eigenvalue weighted by molar-refractivity contribution is 7.80. The molecular weight excluding hydrogens is 540 g/mol. The molecule has 0 radical (unpaired) electrons. The fraction of sp³-hybridized carbons (Fsp3) is 0.375. The highest BCUT2D eigenvalue weighted by atomic mass is 32.1. The van der Waals surface area contributed by atoms with Crippen LogP contribution in [0.1, 0.15) is 24.0 Å². The number of para-hydroxylation sites is 1. The van der Waals surface area contributed by atoms with Crippen molar-refractivity contribution in [1.29, 1.82) is 0 Å². The second-order valence-corrected chi connectivity index (χ2v) is 10.7. The zero-order valence-corrected chi connectivity index (χ0v) is 23.6. The van der Waals surface area contributed by atoms with Gasteiger partial charge in [0.2, 0.25) is 0 Å². The molecule has 8 nitrogen and oxygen atoms in total. The minimum Gasteiger partial charge on any atom is -0.457 e. The summed E-state index contributed by atoms with van der Waals surface area (Å²) in [4.78, 5) is 13.0. The Hall–Kier alpha value is -3.34. The number of fused-ring (bicyclic) bond motifs is 1. The van der Waals surface area contributed by atoms with E-state index in [4.69, 9.17) is 31.2 Å². The van der Waals surface area contributed by atoms with Gasteiger partial charge in [-0.15, -0.1) is 0 Å². The number of aliphatic hydroxyl groups is 1. The lowest BCUT2D eigenvalue weighted by Gasteiger charge is -2.42. The molecule has 9 heteroatoms. The summed E-state index contributed by atoms with van der Waals surface area (Å²) in [6.07, 6.45) is -1.83. The van der Waals surface area contributed by atoms with Gasteiger partial charge in [-0.3, -0.25) is 4.79 Å². The molecule has 2 aliphatic rings. The molecule has 0 amide bonds. The van der Waals surface area contributed by atoms with Crippen LogP contribution in [0, 0.1) is 0 Å². The van der Waals surface area contributed by atoms with Crippen molar-refractivity contribution in [2.24, 2.45) is 0 Å². The van der Waals surface area contributed by atoms with Crippen LogP contribution in [-0.2, 0) is 36.8 Å². The maximum atomic E-state index is 13.0. The third kappa shape index (κ3) is 8.12. The highest BCUT2D eigenvalue weighted by Crippen LogP contribution is 2.36. The third-order valence-electron chi connectivity index (χ3n) is 7.29. The molecule has 2 heterocycles. The molecule has 2 aliphatic heterocycles. The number of aliphatic hydroxyl groups excluding tert-OH is 1. The zero-order chi connectivity index (χ0) is 28.4. The van der Waals surface area contributed by atoms with Gasteiger partial charge in [0, 0.05) is 25.1 Å². The molecule has 2 fully saturated rings. The summed E-state index contributed by atoms with van der Waals surface area (Å²) in [5, 5.41) is 17.1. The number of hydrogen-bond acceptors (Lipinski definition) is 7. The van der Waals surface area contributed by atoms with Crippen molar-refractivity contribution in [3.63, 3.8) is 0 Å². The Bertz CT molecular complexity index is 1250. The number of esters is 1. The second-order valence-electron chi connectivity index (χ2n) is 10.3. The van der Waals surface area contributed by atoms with E-state index in [1.54, 1.807) is 0 Å². The maximum Gasteiger partial charge on any atom is 0.306 e. The van der Waals surface area contributed by atoms with Crippen LogP contribution in [0.4, 0.5) is 5.69 Å². The summed E-state index contributed by atoms with van der Waals surface area (Å²) >= 11 is 5.46. The van der Waals surface area contributed by atoms with E-state index in [1.165, 1.54) is 0 Å². The first kappa shape index (κ1) is 29.2. The average molecular weight is 577 g/mol. The minimum absolute atomic E-state index is 0.206. The zero-order valence-electron chi connectivity index (χ0n) is 22.8. The average Bonchev–Trinajstić information content (AvgIpc) is 3.42. The van der Waals surface area contributed by atoms with Gasteiger partial charge in [0.1, 0.15) is 18.3 Å². The lowest BCUT2D eigenvalue weighted by atomic mass is 9.94. The van der Waals surface area contributed by atoms with Crippen molar-refractivity contribution >= 4 is 29.0 Å². The number of aryl methyl sites for hydroxylation is 1. The topological polar surface area (TPSA) is 98.3 Å². The lowest BCUT2D eigenvalue weighted by Crippen LogP contribution is -2.59. The first-order valence-corrected chi connectivity index (χ1v) is 14.4. The first-order chi connectivity index (χ1) is 20.1. The molecule has 2 saturated heterocycles. The Kier molecular flexibility index (Phi) is 10.3. The number of carbonyl (C=O) groups excluding carboxylic acids is 1. The smallest absolute Gasteiger partial charge is 0.306 e. The van der Waals surface area contributed by atoms with E-state index in [-0.39, 0.29) is 31.2 Å². The summed E-state index contributed by atoms with van der Waals surface area (Å²) in [6, 6.07) is 29.3. The maximum absolute atomic E-state index is 13.0. The number of carbonyl (C=O) groups is 1. The van der Waals surface area contributed by atoms with Crippen LogP contribution in [0.15, 0.2) is 91.0 Å². The van der Waals surface area contributed by atoms with Crippen molar-refractivity contribution in [1.82, 2.24) is 5.32 Å². The van der Waals surface area contributed by atoms with Crippen molar-refractivity contribution in [3.8, 4) is 0 Å². The van der Waals surface area contributed by atoms with Gasteiger partial charge < -0.3 is 34.7 Å². The molecule has 0 spiro atoms. The molecule has 6 atom stereocenters. The van der Waals surface area contributed by atoms with Crippen LogP contribution in [0.25, 0.3) is 0 Å². The van der Waals surface area contributed by atoms with Gasteiger partial charge in [0.25, 0.3) is 0 Å². The van der Waals surface area contributed by atoms with Gasteiger partial charge >= 0.3 is 5.97 Å². The van der Waals surface area contributed by atoms with Crippen LogP contribution < -0.4 is 10.6 Å². The van der Waals surface area contributed by atoms with Gasteiger partial charge in [-0.25, -0.2) is 0 Å². The minimum atomic E-state index is -0.819. The quantitative estimate of drug-likeness (QED) is 0.231. The number of anilines is 1. The van der Waals surface area contributed by atoms with E-state index in [1.807, 2.05) is 91.0 Å². The number of hydrogen-bond donors (Lipinski definition) is 3. The van der Waals surface area contributed by atoms with Gasteiger partial charge in [0.15, 0.2) is 11.2 Å². The second kappa shape index (κ2) is 14.5. The molecule has 3 aromatic rings. The van der Waals surface area contributed by atoms with Crippen LogP contribution in [0.5, 0.6) is 0 Å². The Morgan fingerprint density at radius 3 is 2.24 bits per heavy atom. The van der Waals surface area contributed by atoms with E-state index in [0.29, 0.717) is 31.1 Å². The van der Waals surface area contributed by atoms with Crippen molar-refractivity contribution in [3.05, 3.63) is 102 Å². The van der Waals surface area contributed by atoms with Crippen molar-refractivity contribution in [2.75, 3.05) is 18.5 Å². The highest BCUT2D eigenvalue weighted by Gasteiger charge is 2.53. The number of rotatable bonds is 11. The first-order valence-electron chi connectivity index (χ1n) is 14.0. The van der Waals surface area contributed by atoms with E-state index < -0.39 is 24.4 Å². The van der Waals surface area contributed by atoms with Gasteiger partial charge in [-0.05, 0) is 41.9 Å². The molecular formula is C32H36N2O6S. The summed E-state index contributed by atoms with van der Waals surface area (Å²) < 4.78 is 25.0. The molecule has 41 heavy (non-hydrogen) atoms. The molecule has 216 valence electrons. The predicted octanol–water partition coefficient (Wildman–Crippen LogP) is 4.02. The van der Waals surface area contributed by atoms with Crippen molar-refractivity contribution in [2.45, 2.75) is 62.5 Å². The Morgan fingerprint density at radius 2 is 1.56 bits per heavy atom. The van der Waals surface area contributed by atoms with Crippen LogP contribution in [0.2, 0.25) is 0 Å². The molecule has 1 unspecified atom stereocenters. The SMILES string of the molecule is O=C(CCc1ccccc1)O[C@H]1[C@H](OCc2ccccc2)[C@H]2OC(CNC(=S)Nc3ccccc3)C[C@H]2O[C@@H]1CO. The van der Waals surface area contributed by atoms with Crippen LogP contribution >= 0.6 is 12.2 Å². The Labute approximate surface area is 246 Å². The molecule has 0 aliphatic carbocycles. The van der Waals surface area contributed by atoms with E-state index in [9.17, 15) is 9.90 Å². The monoisotopic (exact) mass is 576 g/mol.